The van der Waals surface area contributed by atoms with E-state index in [1.165, 1.54) is 6.07 Å². The van der Waals surface area contributed by atoms with Crippen LogP contribution in [0.15, 0.2) is 41.3 Å². The summed E-state index contributed by atoms with van der Waals surface area (Å²) in [5.74, 6) is 1.95. The fraction of sp³-hybridized carbons (Fsp3) is 0.294. The number of nitrogens with one attached hydrogen (secondary N) is 1. The van der Waals surface area contributed by atoms with Crippen LogP contribution in [-0.4, -0.2) is 28.7 Å². The van der Waals surface area contributed by atoms with Gasteiger partial charge in [-0.1, -0.05) is 6.07 Å². The maximum Gasteiger partial charge on any atom is 0.241 e. The van der Waals surface area contributed by atoms with E-state index in [0.29, 0.717) is 30.5 Å². The summed E-state index contributed by atoms with van der Waals surface area (Å²) in [4.78, 5) is 0.196. The van der Waals surface area contributed by atoms with Gasteiger partial charge in [-0.05, 0) is 65.4 Å². The number of hydrogen-bond acceptors (Lipinski definition) is 5. The first-order valence-electron chi connectivity index (χ1n) is 7.66. The molecule has 134 valence electrons. The summed E-state index contributed by atoms with van der Waals surface area (Å²) < 4.78 is 44.9. The molecule has 2 aromatic carbocycles. The molecule has 0 aromatic heterocycles. The number of hydrogen-bond donors (Lipinski definition) is 1. The topological polar surface area (TPSA) is 73.9 Å². The second-order valence-corrected chi connectivity index (χ2v) is 8.42. The highest BCUT2D eigenvalue weighted by Crippen LogP contribution is 2.33. The van der Waals surface area contributed by atoms with Crippen molar-refractivity contribution in [2.75, 3.05) is 20.3 Å². The van der Waals surface area contributed by atoms with Crippen LogP contribution in [0.3, 0.4) is 0 Å². The van der Waals surface area contributed by atoms with Crippen molar-refractivity contribution < 1.29 is 22.6 Å². The molecule has 0 amide bonds. The number of rotatable bonds is 5. The van der Waals surface area contributed by atoms with Crippen LogP contribution in [-0.2, 0) is 10.0 Å². The van der Waals surface area contributed by atoms with Gasteiger partial charge in [0.25, 0.3) is 0 Å². The molecule has 3 rings (SSSR count). The first kappa shape index (κ1) is 18.3. The van der Waals surface area contributed by atoms with Crippen molar-refractivity contribution in [1.82, 2.24) is 4.72 Å². The molecule has 1 aliphatic rings. The fourth-order valence-electron chi connectivity index (χ4n) is 2.51. The van der Waals surface area contributed by atoms with Gasteiger partial charge in [-0.2, -0.15) is 0 Å². The molecular formula is C17H18INO5S. The number of sulfonamides is 1. The van der Waals surface area contributed by atoms with Crippen LogP contribution >= 0.6 is 22.6 Å². The zero-order valence-electron chi connectivity index (χ0n) is 13.8. The van der Waals surface area contributed by atoms with E-state index in [9.17, 15) is 8.42 Å². The normalized spacial score (nSPS) is 14.8. The monoisotopic (exact) mass is 475 g/mol. The summed E-state index contributed by atoms with van der Waals surface area (Å²) in [6, 6.07) is 9.77. The van der Waals surface area contributed by atoms with Crippen molar-refractivity contribution in [3.63, 3.8) is 0 Å². The Labute approximate surface area is 160 Å². The van der Waals surface area contributed by atoms with E-state index >= 15 is 0 Å². The van der Waals surface area contributed by atoms with Gasteiger partial charge in [0.15, 0.2) is 11.5 Å². The molecule has 1 atom stereocenters. The lowest BCUT2D eigenvalue weighted by molar-refractivity contribution is 0.171. The van der Waals surface area contributed by atoms with E-state index in [-0.39, 0.29) is 4.90 Å². The quantitative estimate of drug-likeness (QED) is 0.673. The van der Waals surface area contributed by atoms with Crippen LogP contribution in [0.1, 0.15) is 18.5 Å². The van der Waals surface area contributed by atoms with Gasteiger partial charge in [0.1, 0.15) is 19.0 Å². The van der Waals surface area contributed by atoms with E-state index in [2.05, 4.69) is 4.72 Å². The van der Waals surface area contributed by atoms with Gasteiger partial charge in [0.2, 0.25) is 10.0 Å². The summed E-state index contributed by atoms with van der Waals surface area (Å²) in [6.45, 7) is 2.79. The molecule has 0 aliphatic carbocycles. The third-order valence-corrected chi connectivity index (χ3v) is 6.21. The summed E-state index contributed by atoms with van der Waals surface area (Å²) in [5.41, 5.74) is 0.802. The Kier molecular flexibility index (Phi) is 5.40. The van der Waals surface area contributed by atoms with Crippen LogP contribution < -0.4 is 18.9 Å². The molecule has 1 aliphatic heterocycles. The molecule has 0 saturated carbocycles. The van der Waals surface area contributed by atoms with Gasteiger partial charge < -0.3 is 14.2 Å². The lowest BCUT2D eigenvalue weighted by Crippen LogP contribution is -2.27. The van der Waals surface area contributed by atoms with Gasteiger partial charge >= 0.3 is 0 Å². The van der Waals surface area contributed by atoms with Crippen molar-refractivity contribution in [3.8, 4) is 17.2 Å². The Morgan fingerprint density at radius 3 is 2.52 bits per heavy atom. The van der Waals surface area contributed by atoms with E-state index in [1.54, 1.807) is 38.3 Å². The van der Waals surface area contributed by atoms with Crippen molar-refractivity contribution >= 4 is 32.6 Å². The zero-order chi connectivity index (χ0) is 18.0. The fourth-order valence-corrected chi connectivity index (χ4v) is 4.72. The average molecular weight is 475 g/mol. The van der Waals surface area contributed by atoms with Crippen LogP contribution in [0.5, 0.6) is 17.2 Å². The predicted octanol–water partition coefficient (Wildman–Crippen LogP) is 3.11. The molecule has 0 radical (unpaired) electrons. The molecule has 25 heavy (non-hydrogen) atoms. The molecule has 1 N–H and O–H groups in total. The molecule has 6 nitrogen and oxygen atoms in total. The first-order chi connectivity index (χ1) is 11.9. The number of benzene rings is 2. The van der Waals surface area contributed by atoms with E-state index < -0.39 is 16.1 Å². The minimum absolute atomic E-state index is 0.196. The number of fused-ring (bicyclic) bond motifs is 1. The van der Waals surface area contributed by atoms with Crippen LogP contribution in [0, 0.1) is 3.57 Å². The Hall–Kier alpha value is -1.52. The lowest BCUT2D eigenvalue weighted by atomic mass is 10.1. The third kappa shape index (κ3) is 4.01. The van der Waals surface area contributed by atoms with Gasteiger partial charge in [-0.3, -0.25) is 0 Å². The minimum atomic E-state index is -3.66. The summed E-state index contributed by atoms with van der Waals surface area (Å²) in [7, 11) is -2.11. The Bertz CT molecular complexity index is 885. The molecular weight excluding hydrogens is 457 g/mol. The standard InChI is InChI=1S/C17H18INO5S/c1-11(12-3-5-16-17(9-12)24-8-7-23-16)19-25(20,21)13-4-6-15(22-2)14(18)10-13/h3-6,9-11,19H,7-8H2,1-2H3/t11-/m1/s1. The van der Waals surface area contributed by atoms with E-state index in [0.717, 1.165) is 9.13 Å². The molecule has 2 aromatic rings. The second-order valence-electron chi connectivity index (χ2n) is 5.54. The highest BCUT2D eigenvalue weighted by molar-refractivity contribution is 14.1. The largest absolute Gasteiger partial charge is 0.496 e. The van der Waals surface area contributed by atoms with Crippen LogP contribution in [0.4, 0.5) is 0 Å². The van der Waals surface area contributed by atoms with Gasteiger partial charge in [0, 0.05) is 6.04 Å². The van der Waals surface area contributed by atoms with Crippen LogP contribution in [0.25, 0.3) is 0 Å². The molecule has 0 unspecified atom stereocenters. The second kappa shape index (κ2) is 7.38. The van der Waals surface area contributed by atoms with Gasteiger partial charge in [0.05, 0.1) is 15.6 Å². The van der Waals surface area contributed by atoms with Crippen LogP contribution in [0.2, 0.25) is 0 Å². The maximum absolute atomic E-state index is 12.6. The molecule has 0 fully saturated rings. The summed E-state index contributed by atoms with van der Waals surface area (Å²) in [5, 5.41) is 0. The van der Waals surface area contributed by atoms with Crippen molar-refractivity contribution in [2.45, 2.75) is 17.9 Å². The zero-order valence-corrected chi connectivity index (χ0v) is 16.8. The highest BCUT2D eigenvalue weighted by Gasteiger charge is 2.21. The molecule has 0 bridgehead atoms. The summed E-state index contributed by atoms with van der Waals surface area (Å²) in [6.07, 6.45) is 0. The Morgan fingerprint density at radius 1 is 1.12 bits per heavy atom. The minimum Gasteiger partial charge on any atom is -0.496 e. The third-order valence-electron chi connectivity index (χ3n) is 3.83. The highest BCUT2D eigenvalue weighted by atomic mass is 127. The molecule has 8 heteroatoms. The van der Waals surface area contributed by atoms with Crippen molar-refractivity contribution in [2.24, 2.45) is 0 Å². The smallest absolute Gasteiger partial charge is 0.241 e. The average Bonchev–Trinajstić information content (AvgIpc) is 2.60. The predicted molar refractivity (Wildman–Crippen MR) is 102 cm³/mol. The SMILES string of the molecule is COc1ccc(S(=O)(=O)N[C@H](C)c2ccc3c(c2)OCCO3)cc1I. The first-order valence-corrected chi connectivity index (χ1v) is 10.2. The van der Waals surface area contributed by atoms with Gasteiger partial charge in [-0.15, -0.1) is 0 Å². The molecule has 0 spiro atoms. The molecule has 0 saturated heterocycles. The van der Waals surface area contributed by atoms with Crippen molar-refractivity contribution in [3.05, 3.63) is 45.5 Å². The Morgan fingerprint density at radius 2 is 1.84 bits per heavy atom. The number of methoxy groups -OCH3 is 1. The molecule has 1 heterocycles. The lowest BCUT2D eigenvalue weighted by Gasteiger charge is -2.21. The maximum atomic E-state index is 12.6. The van der Waals surface area contributed by atoms with E-state index in [4.69, 9.17) is 14.2 Å². The number of halogens is 1. The van der Waals surface area contributed by atoms with Gasteiger partial charge in [-0.25, -0.2) is 13.1 Å². The number of ether oxygens (including phenoxy) is 3. The Balaban J connectivity index is 1.81. The van der Waals surface area contributed by atoms with Crippen molar-refractivity contribution in [1.29, 1.82) is 0 Å². The summed E-state index contributed by atoms with van der Waals surface area (Å²) >= 11 is 2.05. The van der Waals surface area contributed by atoms with E-state index in [1.807, 2.05) is 28.7 Å².